The summed E-state index contributed by atoms with van der Waals surface area (Å²) in [7, 11) is 0. The summed E-state index contributed by atoms with van der Waals surface area (Å²) in [6.07, 6.45) is 4.89. The summed E-state index contributed by atoms with van der Waals surface area (Å²) in [5, 5.41) is 8.91. The number of anilines is 1. The van der Waals surface area contributed by atoms with Gasteiger partial charge in [0.05, 0.1) is 22.8 Å². The van der Waals surface area contributed by atoms with Crippen molar-refractivity contribution in [1.29, 1.82) is 5.26 Å². The average Bonchev–Trinajstić information content (AvgIpc) is 2.84. The van der Waals surface area contributed by atoms with Gasteiger partial charge in [-0.05, 0) is 51.0 Å². The molecule has 106 valence electrons. The molecule has 0 amide bonds. The van der Waals surface area contributed by atoms with Crippen molar-refractivity contribution in [3.63, 3.8) is 0 Å². The topological polar surface area (TPSA) is 36.3 Å². The third kappa shape index (κ3) is 2.53. The first kappa shape index (κ1) is 13.5. The molecule has 0 atom stereocenters. The monoisotopic (exact) mass is 270 g/mol. The van der Waals surface area contributed by atoms with Gasteiger partial charge in [-0.2, -0.15) is 5.26 Å². The summed E-state index contributed by atoms with van der Waals surface area (Å²) >= 11 is 0. The smallest absolute Gasteiger partial charge is 0.0991 e. The van der Waals surface area contributed by atoms with Crippen LogP contribution in [0.25, 0.3) is 0 Å². The maximum Gasteiger partial charge on any atom is 0.0991 e. The molecule has 1 aromatic rings. The summed E-state index contributed by atoms with van der Waals surface area (Å²) in [4.78, 5) is 2.43. The number of nitriles is 1. The van der Waals surface area contributed by atoms with Gasteiger partial charge in [-0.1, -0.05) is 12.8 Å². The lowest BCUT2D eigenvalue weighted by Gasteiger charge is -2.49. The van der Waals surface area contributed by atoms with Crippen LogP contribution in [0.4, 0.5) is 5.69 Å². The molecule has 1 aliphatic carbocycles. The normalized spacial score (nSPS) is 23.8. The fourth-order valence-corrected chi connectivity index (χ4v) is 3.72. The van der Waals surface area contributed by atoms with Gasteiger partial charge < -0.3 is 9.64 Å². The SMILES string of the molecule is CC1(C)CN(c2ccc(C#N)cc2)CC2(CCCC2)O1. The van der Waals surface area contributed by atoms with Crippen LogP contribution in [0.3, 0.4) is 0 Å². The molecule has 1 saturated carbocycles. The van der Waals surface area contributed by atoms with Crippen molar-refractivity contribution in [3.8, 4) is 6.07 Å². The van der Waals surface area contributed by atoms with Crippen LogP contribution in [-0.4, -0.2) is 24.3 Å². The van der Waals surface area contributed by atoms with Crippen LogP contribution in [0.1, 0.15) is 45.1 Å². The summed E-state index contributed by atoms with van der Waals surface area (Å²) in [6.45, 7) is 6.24. The van der Waals surface area contributed by atoms with Gasteiger partial charge in [-0.25, -0.2) is 0 Å². The second-order valence-electron chi connectivity index (χ2n) is 6.77. The van der Waals surface area contributed by atoms with Crippen molar-refractivity contribution >= 4 is 5.69 Å². The number of morpholine rings is 1. The van der Waals surface area contributed by atoms with E-state index in [0.717, 1.165) is 18.7 Å². The molecule has 0 radical (unpaired) electrons. The third-order valence-electron chi connectivity index (χ3n) is 4.42. The first-order valence-electron chi connectivity index (χ1n) is 7.47. The van der Waals surface area contributed by atoms with Gasteiger partial charge in [0.15, 0.2) is 0 Å². The Balaban J connectivity index is 1.86. The van der Waals surface area contributed by atoms with Gasteiger partial charge in [0.1, 0.15) is 0 Å². The lowest BCUT2D eigenvalue weighted by atomic mass is 9.93. The van der Waals surface area contributed by atoms with E-state index >= 15 is 0 Å². The van der Waals surface area contributed by atoms with Gasteiger partial charge >= 0.3 is 0 Å². The number of ether oxygens (including phenoxy) is 1. The summed E-state index contributed by atoms with van der Waals surface area (Å²) in [5.74, 6) is 0. The molecule has 3 heteroatoms. The maximum atomic E-state index is 8.91. The van der Waals surface area contributed by atoms with E-state index in [-0.39, 0.29) is 11.2 Å². The molecule has 0 aromatic heterocycles. The Morgan fingerprint density at radius 1 is 1.10 bits per heavy atom. The lowest BCUT2D eigenvalue weighted by molar-refractivity contribution is -0.148. The molecular weight excluding hydrogens is 248 g/mol. The quantitative estimate of drug-likeness (QED) is 0.783. The second kappa shape index (κ2) is 4.79. The second-order valence-corrected chi connectivity index (χ2v) is 6.77. The Kier molecular flexibility index (Phi) is 3.22. The molecule has 1 spiro atoms. The number of nitrogens with zero attached hydrogens (tertiary/aromatic N) is 2. The molecule has 1 aliphatic heterocycles. The maximum absolute atomic E-state index is 8.91. The molecule has 0 bridgehead atoms. The van der Waals surface area contributed by atoms with E-state index in [0.29, 0.717) is 0 Å². The van der Waals surface area contributed by atoms with E-state index in [2.05, 4.69) is 36.9 Å². The molecule has 2 fully saturated rings. The molecular formula is C17H22N2O. The van der Waals surface area contributed by atoms with Crippen LogP contribution >= 0.6 is 0 Å². The van der Waals surface area contributed by atoms with Gasteiger partial charge in [0.2, 0.25) is 0 Å². The molecule has 1 saturated heterocycles. The zero-order valence-electron chi connectivity index (χ0n) is 12.4. The molecule has 0 unspecified atom stereocenters. The first-order valence-corrected chi connectivity index (χ1v) is 7.47. The molecule has 0 N–H and O–H groups in total. The van der Waals surface area contributed by atoms with Crippen LogP contribution in [0.2, 0.25) is 0 Å². The van der Waals surface area contributed by atoms with E-state index < -0.39 is 0 Å². The summed E-state index contributed by atoms with van der Waals surface area (Å²) in [6, 6.07) is 10.1. The van der Waals surface area contributed by atoms with E-state index in [4.69, 9.17) is 10.00 Å². The molecule has 1 aromatic carbocycles. The molecule has 3 rings (SSSR count). The van der Waals surface area contributed by atoms with Crippen molar-refractivity contribution in [2.24, 2.45) is 0 Å². The van der Waals surface area contributed by atoms with Crippen molar-refractivity contribution in [2.75, 3.05) is 18.0 Å². The number of rotatable bonds is 1. The van der Waals surface area contributed by atoms with Gasteiger partial charge in [-0.3, -0.25) is 0 Å². The Bertz CT molecular complexity index is 521. The minimum absolute atomic E-state index is 0.0374. The average molecular weight is 270 g/mol. The van der Waals surface area contributed by atoms with Crippen LogP contribution < -0.4 is 4.90 Å². The van der Waals surface area contributed by atoms with Crippen LogP contribution in [0.15, 0.2) is 24.3 Å². The zero-order valence-corrected chi connectivity index (χ0v) is 12.4. The Labute approximate surface area is 121 Å². The van der Waals surface area contributed by atoms with E-state index in [9.17, 15) is 0 Å². The molecule has 2 aliphatic rings. The van der Waals surface area contributed by atoms with Gasteiger partial charge in [0, 0.05) is 18.8 Å². The van der Waals surface area contributed by atoms with E-state index in [1.807, 2.05) is 12.1 Å². The zero-order chi connectivity index (χ0) is 14.2. The Morgan fingerprint density at radius 3 is 2.35 bits per heavy atom. The number of hydrogen-bond acceptors (Lipinski definition) is 3. The largest absolute Gasteiger partial charge is 0.366 e. The molecule has 20 heavy (non-hydrogen) atoms. The number of benzene rings is 1. The van der Waals surface area contributed by atoms with E-state index in [1.54, 1.807) is 0 Å². The standard InChI is InChI=1S/C17H22N2O/c1-16(2)12-19(13-17(20-16)9-3-4-10-17)15-7-5-14(11-18)6-8-15/h5-8H,3-4,9-10,12-13H2,1-2H3. The van der Waals surface area contributed by atoms with Crippen LogP contribution in [-0.2, 0) is 4.74 Å². The highest BCUT2D eigenvalue weighted by Crippen LogP contribution is 2.41. The minimum Gasteiger partial charge on any atom is -0.366 e. The highest BCUT2D eigenvalue weighted by Gasteiger charge is 2.45. The van der Waals surface area contributed by atoms with Crippen molar-refractivity contribution in [1.82, 2.24) is 0 Å². The van der Waals surface area contributed by atoms with Crippen molar-refractivity contribution in [2.45, 2.75) is 50.7 Å². The third-order valence-corrected chi connectivity index (χ3v) is 4.42. The van der Waals surface area contributed by atoms with Gasteiger partial charge in [0.25, 0.3) is 0 Å². The van der Waals surface area contributed by atoms with Crippen LogP contribution in [0, 0.1) is 11.3 Å². The Hall–Kier alpha value is -1.53. The minimum atomic E-state index is -0.115. The van der Waals surface area contributed by atoms with Gasteiger partial charge in [-0.15, -0.1) is 0 Å². The van der Waals surface area contributed by atoms with Crippen LogP contribution in [0.5, 0.6) is 0 Å². The fourth-order valence-electron chi connectivity index (χ4n) is 3.72. The lowest BCUT2D eigenvalue weighted by Crippen LogP contribution is -2.58. The van der Waals surface area contributed by atoms with E-state index in [1.165, 1.54) is 31.4 Å². The number of hydrogen-bond donors (Lipinski definition) is 0. The first-order chi connectivity index (χ1) is 9.52. The highest BCUT2D eigenvalue weighted by atomic mass is 16.5. The van der Waals surface area contributed by atoms with Crippen molar-refractivity contribution in [3.05, 3.63) is 29.8 Å². The molecule has 1 heterocycles. The predicted octanol–water partition coefficient (Wildman–Crippen LogP) is 3.49. The highest BCUT2D eigenvalue weighted by molar-refractivity contribution is 5.51. The fraction of sp³-hybridized carbons (Fsp3) is 0.588. The predicted molar refractivity (Wildman–Crippen MR) is 79.7 cm³/mol. The summed E-state index contributed by atoms with van der Waals surface area (Å²) < 4.78 is 6.42. The van der Waals surface area contributed by atoms with Crippen molar-refractivity contribution < 1.29 is 4.74 Å². The Morgan fingerprint density at radius 2 is 1.75 bits per heavy atom. The molecule has 3 nitrogen and oxygen atoms in total. The summed E-state index contributed by atoms with van der Waals surface area (Å²) in [5.41, 5.74) is 1.84.